The number of hydrogen-bond acceptors (Lipinski definition) is 2. The fourth-order valence-corrected chi connectivity index (χ4v) is 10.8. The second-order valence-corrected chi connectivity index (χ2v) is 16.5. The molecule has 1 aliphatic carbocycles. The minimum atomic E-state index is -0.186. The third kappa shape index (κ3) is 3.34. The largest absolute Gasteiger partial charge is 0.311 e. The number of anilines is 6. The average Bonchev–Trinajstić information content (AvgIpc) is 3.17. The van der Waals surface area contributed by atoms with Gasteiger partial charge in [0.2, 0.25) is 0 Å². The SMILES string of the molecule is CC1(C)c2ccccc2N2c3ccc(-c4ccccc4)cc3B3c4c5cc(cc4N4c6ccccc6C(C)(C)c6cc1c2c3c64)C5c1ccccc1. The Hall–Kier alpha value is -5.80. The molecule has 0 fully saturated rings. The van der Waals surface area contributed by atoms with E-state index in [0.717, 1.165) is 0 Å². The van der Waals surface area contributed by atoms with Crippen molar-refractivity contribution in [2.24, 2.45) is 0 Å². The van der Waals surface area contributed by atoms with Gasteiger partial charge in [0.25, 0.3) is 6.71 Å². The first-order chi connectivity index (χ1) is 25.3. The topological polar surface area (TPSA) is 6.48 Å². The number of fused-ring (bicyclic) bond motifs is 13. The van der Waals surface area contributed by atoms with Gasteiger partial charge in [-0.25, -0.2) is 0 Å². The lowest BCUT2D eigenvalue weighted by atomic mass is 9.30. The number of nitrogens with zero attached hydrogens (tertiary/aromatic N) is 2. The van der Waals surface area contributed by atoms with Crippen molar-refractivity contribution >= 4 is 57.2 Å². The highest BCUT2D eigenvalue weighted by Gasteiger charge is 2.54. The van der Waals surface area contributed by atoms with Gasteiger partial charge in [0.05, 0.1) is 11.4 Å². The van der Waals surface area contributed by atoms with Crippen LogP contribution in [0.5, 0.6) is 0 Å². The van der Waals surface area contributed by atoms with E-state index in [1.165, 1.54) is 101 Å². The predicted octanol–water partition coefficient (Wildman–Crippen LogP) is 10.2. The number of rotatable bonds is 2. The monoisotopic (exact) mass is 664 g/mol. The maximum Gasteiger partial charge on any atom is 0.252 e. The molecule has 0 spiro atoms. The van der Waals surface area contributed by atoms with E-state index in [2.05, 4.69) is 183 Å². The molecule has 0 saturated heterocycles. The summed E-state index contributed by atoms with van der Waals surface area (Å²) in [5.74, 6) is 0.285. The van der Waals surface area contributed by atoms with Crippen molar-refractivity contribution in [2.45, 2.75) is 44.4 Å². The molecule has 2 bridgehead atoms. The van der Waals surface area contributed by atoms with Gasteiger partial charge in [-0.05, 0) is 96.8 Å². The van der Waals surface area contributed by atoms with Crippen LogP contribution in [-0.2, 0) is 10.8 Å². The van der Waals surface area contributed by atoms with E-state index < -0.39 is 0 Å². The summed E-state index contributed by atoms with van der Waals surface area (Å²) in [5.41, 5.74) is 24.4. The lowest BCUT2D eigenvalue weighted by Gasteiger charge is -2.55. The molecule has 0 aromatic heterocycles. The Balaban J connectivity index is 1.26. The van der Waals surface area contributed by atoms with Gasteiger partial charge in [-0.3, -0.25) is 0 Å². The maximum absolute atomic E-state index is 2.67. The molecule has 3 heteroatoms. The van der Waals surface area contributed by atoms with Crippen molar-refractivity contribution in [3.63, 3.8) is 0 Å². The fraction of sp³-hybridized carbons (Fsp3) is 0.143. The Morgan fingerprint density at radius 2 is 1.02 bits per heavy atom. The third-order valence-corrected chi connectivity index (χ3v) is 13.2. The molecule has 4 heterocycles. The van der Waals surface area contributed by atoms with Gasteiger partial charge >= 0.3 is 0 Å². The Bertz CT molecular complexity index is 2680. The van der Waals surface area contributed by atoms with Crippen molar-refractivity contribution in [3.8, 4) is 11.1 Å². The van der Waals surface area contributed by atoms with Crippen LogP contribution >= 0.6 is 0 Å². The summed E-state index contributed by atoms with van der Waals surface area (Å²) in [6.07, 6.45) is 0. The van der Waals surface area contributed by atoms with Crippen LogP contribution < -0.4 is 26.2 Å². The molecule has 7 aromatic rings. The molecular formula is C49H37BN2. The molecule has 5 aliphatic rings. The highest BCUT2D eigenvalue weighted by molar-refractivity contribution is 7.01. The zero-order chi connectivity index (χ0) is 34.7. The van der Waals surface area contributed by atoms with Crippen LogP contribution in [0.25, 0.3) is 11.1 Å². The average molecular weight is 665 g/mol. The van der Waals surface area contributed by atoms with Gasteiger partial charge in [0, 0.05) is 39.5 Å². The quantitative estimate of drug-likeness (QED) is 0.170. The molecule has 7 aromatic carbocycles. The van der Waals surface area contributed by atoms with Gasteiger partial charge in [-0.15, -0.1) is 0 Å². The lowest BCUT2D eigenvalue weighted by molar-refractivity contribution is 0.609. The Morgan fingerprint density at radius 1 is 0.442 bits per heavy atom. The first-order valence-electron chi connectivity index (χ1n) is 18.8. The van der Waals surface area contributed by atoms with Crippen molar-refractivity contribution in [1.29, 1.82) is 0 Å². The maximum atomic E-state index is 2.67. The Labute approximate surface area is 306 Å². The minimum absolute atomic E-state index is 0.0857. The number of benzene rings is 7. The van der Waals surface area contributed by atoms with Crippen molar-refractivity contribution in [2.75, 3.05) is 9.80 Å². The summed E-state index contributed by atoms with van der Waals surface area (Å²) in [7, 11) is 0. The molecule has 4 aliphatic heterocycles. The van der Waals surface area contributed by atoms with Crippen molar-refractivity contribution in [1.82, 2.24) is 0 Å². The van der Waals surface area contributed by atoms with Gasteiger partial charge in [0.1, 0.15) is 0 Å². The zero-order valence-electron chi connectivity index (χ0n) is 29.9. The van der Waals surface area contributed by atoms with Gasteiger partial charge in [-0.2, -0.15) is 0 Å². The van der Waals surface area contributed by atoms with E-state index in [0.29, 0.717) is 0 Å². The van der Waals surface area contributed by atoms with Crippen LogP contribution in [0.4, 0.5) is 34.1 Å². The van der Waals surface area contributed by atoms with Crippen LogP contribution in [0, 0.1) is 0 Å². The molecule has 12 rings (SSSR count). The Morgan fingerprint density at radius 3 is 1.67 bits per heavy atom. The summed E-state index contributed by atoms with van der Waals surface area (Å²) in [6.45, 7) is 9.87. The molecular weight excluding hydrogens is 627 g/mol. The second kappa shape index (κ2) is 9.54. The van der Waals surface area contributed by atoms with E-state index in [1.807, 2.05) is 0 Å². The summed E-state index contributed by atoms with van der Waals surface area (Å²) in [6, 6.07) is 55.3. The normalized spacial score (nSPS) is 18.0. The molecule has 52 heavy (non-hydrogen) atoms. The molecule has 0 amide bonds. The van der Waals surface area contributed by atoms with Gasteiger partial charge in [0.15, 0.2) is 0 Å². The Kier molecular flexibility index (Phi) is 5.30. The summed E-state index contributed by atoms with van der Waals surface area (Å²) >= 11 is 0. The molecule has 0 radical (unpaired) electrons. The molecule has 1 unspecified atom stereocenters. The van der Waals surface area contributed by atoms with E-state index in [4.69, 9.17) is 0 Å². The van der Waals surface area contributed by atoms with E-state index in [-0.39, 0.29) is 23.5 Å². The van der Waals surface area contributed by atoms with E-state index in [1.54, 1.807) is 0 Å². The standard InChI is InChI=1S/C49H37BN2/c1-48(2)34-19-11-13-21-39(34)51-41-24-23-31(29-15-7-5-8-16-29)26-38(41)50-44-33-25-32(43(33)30-17-9-6-10-18-30)27-42(44)52-40-22-14-12-20-35(40)49(3,4)37-28-36(48)46(51)45(50)47(37)52/h5-28,43H,1-4H3. The van der Waals surface area contributed by atoms with Gasteiger partial charge < -0.3 is 9.80 Å². The van der Waals surface area contributed by atoms with Crippen molar-refractivity contribution in [3.05, 3.63) is 185 Å². The zero-order valence-corrected chi connectivity index (χ0v) is 29.9. The van der Waals surface area contributed by atoms with Crippen LogP contribution in [0.1, 0.15) is 72.6 Å². The van der Waals surface area contributed by atoms with Crippen LogP contribution in [0.2, 0.25) is 0 Å². The number of hydrogen-bond donors (Lipinski definition) is 0. The summed E-state index contributed by atoms with van der Waals surface area (Å²) in [5, 5.41) is 0. The molecule has 0 saturated carbocycles. The predicted molar refractivity (Wildman–Crippen MR) is 218 cm³/mol. The van der Waals surface area contributed by atoms with Gasteiger partial charge in [-0.1, -0.05) is 143 Å². The third-order valence-electron chi connectivity index (χ3n) is 13.2. The minimum Gasteiger partial charge on any atom is -0.311 e. The van der Waals surface area contributed by atoms with Crippen LogP contribution in [-0.4, -0.2) is 6.71 Å². The summed E-state index contributed by atoms with van der Waals surface area (Å²) in [4.78, 5) is 5.31. The second-order valence-electron chi connectivity index (χ2n) is 16.5. The van der Waals surface area contributed by atoms with Crippen LogP contribution in [0.15, 0.2) is 146 Å². The summed E-state index contributed by atoms with van der Waals surface area (Å²) < 4.78 is 0. The smallest absolute Gasteiger partial charge is 0.252 e. The lowest BCUT2D eigenvalue weighted by Crippen LogP contribution is -2.65. The molecule has 246 valence electrons. The highest BCUT2D eigenvalue weighted by atomic mass is 15.2. The molecule has 0 N–H and O–H groups in total. The molecule has 1 atom stereocenters. The first kappa shape index (κ1) is 28.9. The number of para-hydroxylation sites is 2. The van der Waals surface area contributed by atoms with E-state index in [9.17, 15) is 0 Å². The molecule has 2 nitrogen and oxygen atoms in total. The fourth-order valence-electron chi connectivity index (χ4n) is 10.8. The van der Waals surface area contributed by atoms with E-state index >= 15 is 0 Å². The van der Waals surface area contributed by atoms with Crippen LogP contribution in [0.3, 0.4) is 0 Å². The van der Waals surface area contributed by atoms with Crippen molar-refractivity contribution < 1.29 is 0 Å². The highest BCUT2D eigenvalue weighted by Crippen LogP contribution is 2.61. The first-order valence-corrected chi connectivity index (χ1v) is 18.8.